The van der Waals surface area contributed by atoms with Gasteiger partial charge in [0.1, 0.15) is 0 Å². The summed E-state index contributed by atoms with van der Waals surface area (Å²) in [5.41, 5.74) is 4.99. The zero-order valence-corrected chi connectivity index (χ0v) is 13.2. The van der Waals surface area contributed by atoms with Crippen LogP contribution in [0.4, 0.5) is 5.69 Å². The third-order valence-electron chi connectivity index (χ3n) is 3.85. The molecule has 3 aromatic rings. The van der Waals surface area contributed by atoms with Gasteiger partial charge in [0.05, 0.1) is 5.52 Å². The molecule has 3 heteroatoms. The molecule has 0 aliphatic carbocycles. The van der Waals surface area contributed by atoms with E-state index in [-0.39, 0.29) is 5.91 Å². The number of benzene rings is 2. The lowest BCUT2D eigenvalue weighted by molar-refractivity contribution is -0.111. The second-order valence-corrected chi connectivity index (χ2v) is 5.54. The smallest absolute Gasteiger partial charge is 0.248 e. The Hall–Kier alpha value is -2.94. The van der Waals surface area contributed by atoms with E-state index in [0.717, 1.165) is 27.7 Å². The maximum Gasteiger partial charge on any atom is 0.248 e. The molecule has 1 aromatic heterocycles. The lowest BCUT2D eigenvalue weighted by atomic mass is 10.1. The lowest BCUT2D eigenvalue weighted by Crippen LogP contribution is -2.07. The number of nitrogens with zero attached hydrogens (tertiary/aromatic N) is 1. The van der Waals surface area contributed by atoms with Crippen molar-refractivity contribution in [3.63, 3.8) is 0 Å². The van der Waals surface area contributed by atoms with Crippen LogP contribution >= 0.6 is 0 Å². The van der Waals surface area contributed by atoms with Gasteiger partial charge in [-0.1, -0.05) is 30.3 Å². The van der Waals surface area contributed by atoms with E-state index >= 15 is 0 Å². The zero-order valence-electron chi connectivity index (χ0n) is 13.2. The van der Waals surface area contributed by atoms with Crippen LogP contribution in [-0.4, -0.2) is 10.9 Å². The third-order valence-corrected chi connectivity index (χ3v) is 3.85. The van der Waals surface area contributed by atoms with Gasteiger partial charge >= 0.3 is 0 Å². The molecule has 0 spiro atoms. The van der Waals surface area contributed by atoms with Crippen molar-refractivity contribution in [1.82, 2.24) is 4.98 Å². The SMILES string of the molecule is Cc1ccc(NC(=O)/C=C/c2cccc3cccnc23)cc1C. The van der Waals surface area contributed by atoms with Crippen LogP contribution in [0.15, 0.2) is 60.8 Å². The number of nitrogens with one attached hydrogen (secondary N) is 1. The van der Waals surface area contributed by atoms with Crippen molar-refractivity contribution in [2.24, 2.45) is 0 Å². The number of hydrogen-bond acceptors (Lipinski definition) is 2. The van der Waals surface area contributed by atoms with E-state index in [0.29, 0.717) is 0 Å². The fourth-order valence-electron chi connectivity index (χ4n) is 2.43. The van der Waals surface area contributed by atoms with Crippen LogP contribution in [0.1, 0.15) is 16.7 Å². The van der Waals surface area contributed by atoms with E-state index in [1.165, 1.54) is 5.56 Å². The van der Waals surface area contributed by atoms with Crippen molar-refractivity contribution < 1.29 is 4.79 Å². The molecule has 1 amide bonds. The molecule has 114 valence electrons. The molecule has 0 aliphatic rings. The van der Waals surface area contributed by atoms with Gasteiger partial charge in [0.2, 0.25) is 5.91 Å². The van der Waals surface area contributed by atoms with Crippen molar-refractivity contribution in [3.8, 4) is 0 Å². The number of carbonyl (C=O) groups excluding carboxylic acids is 1. The van der Waals surface area contributed by atoms with Crippen molar-refractivity contribution in [1.29, 1.82) is 0 Å². The molecule has 0 atom stereocenters. The Balaban J connectivity index is 1.78. The van der Waals surface area contributed by atoms with Crippen LogP contribution in [0.3, 0.4) is 0 Å². The average Bonchev–Trinajstić information content (AvgIpc) is 2.56. The maximum atomic E-state index is 12.1. The first kappa shape index (κ1) is 15.0. The summed E-state index contributed by atoms with van der Waals surface area (Å²) in [7, 11) is 0. The van der Waals surface area contributed by atoms with E-state index in [2.05, 4.69) is 10.3 Å². The van der Waals surface area contributed by atoms with Crippen molar-refractivity contribution in [2.75, 3.05) is 5.32 Å². The van der Waals surface area contributed by atoms with Gasteiger partial charge in [0.15, 0.2) is 0 Å². The molecule has 3 rings (SSSR count). The van der Waals surface area contributed by atoms with Crippen LogP contribution in [-0.2, 0) is 4.79 Å². The summed E-state index contributed by atoms with van der Waals surface area (Å²) in [5, 5.41) is 3.94. The first-order valence-electron chi connectivity index (χ1n) is 7.53. The molecular weight excluding hydrogens is 284 g/mol. The summed E-state index contributed by atoms with van der Waals surface area (Å²) >= 11 is 0. The number of aromatic nitrogens is 1. The molecule has 1 heterocycles. The highest BCUT2D eigenvalue weighted by atomic mass is 16.1. The molecule has 0 bridgehead atoms. The fourth-order valence-corrected chi connectivity index (χ4v) is 2.43. The Kier molecular flexibility index (Phi) is 4.20. The van der Waals surface area contributed by atoms with E-state index in [9.17, 15) is 4.79 Å². The number of amides is 1. The quantitative estimate of drug-likeness (QED) is 0.724. The van der Waals surface area contributed by atoms with Crippen LogP contribution in [0.25, 0.3) is 17.0 Å². The van der Waals surface area contributed by atoms with Gasteiger partial charge in [0.25, 0.3) is 0 Å². The van der Waals surface area contributed by atoms with E-state index < -0.39 is 0 Å². The summed E-state index contributed by atoms with van der Waals surface area (Å²) in [6.07, 6.45) is 5.10. The Morgan fingerprint density at radius 3 is 2.70 bits per heavy atom. The van der Waals surface area contributed by atoms with Gasteiger partial charge in [0, 0.05) is 28.9 Å². The van der Waals surface area contributed by atoms with E-state index in [1.807, 2.05) is 62.4 Å². The zero-order chi connectivity index (χ0) is 16.2. The van der Waals surface area contributed by atoms with Gasteiger partial charge in [-0.05, 0) is 49.2 Å². The Labute approximate surface area is 135 Å². The summed E-state index contributed by atoms with van der Waals surface area (Å²) < 4.78 is 0. The predicted molar refractivity (Wildman–Crippen MR) is 95.3 cm³/mol. The number of carbonyl (C=O) groups is 1. The van der Waals surface area contributed by atoms with E-state index in [1.54, 1.807) is 18.3 Å². The largest absolute Gasteiger partial charge is 0.323 e. The summed E-state index contributed by atoms with van der Waals surface area (Å²) in [6, 6.07) is 15.7. The normalized spacial score (nSPS) is 11.0. The maximum absolute atomic E-state index is 12.1. The van der Waals surface area contributed by atoms with Gasteiger partial charge in [-0.2, -0.15) is 0 Å². The summed E-state index contributed by atoms with van der Waals surface area (Å²) in [4.78, 5) is 16.5. The van der Waals surface area contributed by atoms with Gasteiger partial charge in [-0.15, -0.1) is 0 Å². The highest BCUT2D eigenvalue weighted by Gasteiger charge is 2.02. The van der Waals surface area contributed by atoms with Crippen LogP contribution in [0.5, 0.6) is 0 Å². The first-order chi connectivity index (χ1) is 11.1. The molecule has 0 fully saturated rings. The number of fused-ring (bicyclic) bond motifs is 1. The molecule has 1 N–H and O–H groups in total. The number of aryl methyl sites for hydroxylation is 2. The van der Waals surface area contributed by atoms with Crippen molar-refractivity contribution in [3.05, 3.63) is 77.5 Å². The van der Waals surface area contributed by atoms with E-state index in [4.69, 9.17) is 0 Å². The molecule has 0 aliphatic heterocycles. The predicted octanol–water partition coefficient (Wildman–Crippen LogP) is 4.50. The number of hydrogen-bond donors (Lipinski definition) is 1. The van der Waals surface area contributed by atoms with Gasteiger partial charge in [-0.25, -0.2) is 0 Å². The summed E-state index contributed by atoms with van der Waals surface area (Å²) in [6.45, 7) is 4.08. The first-order valence-corrected chi connectivity index (χ1v) is 7.53. The van der Waals surface area contributed by atoms with Crippen molar-refractivity contribution in [2.45, 2.75) is 13.8 Å². The Bertz CT molecular complexity index is 892. The second kappa shape index (κ2) is 6.44. The lowest BCUT2D eigenvalue weighted by Gasteiger charge is -2.05. The van der Waals surface area contributed by atoms with Crippen LogP contribution in [0.2, 0.25) is 0 Å². The van der Waals surface area contributed by atoms with Crippen molar-refractivity contribution >= 4 is 28.6 Å². The number of anilines is 1. The number of para-hydroxylation sites is 1. The molecular formula is C20H18N2O. The molecule has 0 radical (unpaired) electrons. The fraction of sp³-hybridized carbons (Fsp3) is 0.100. The Morgan fingerprint density at radius 2 is 1.87 bits per heavy atom. The van der Waals surface area contributed by atoms with Crippen LogP contribution in [0, 0.1) is 13.8 Å². The number of pyridine rings is 1. The minimum atomic E-state index is -0.152. The van der Waals surface area contributed by atoms with Crippen LogP contribution < -0.4 is 5.32 Å². The minimum absolute atomic E-state index is 0.152. The monoisotopic (exact) mass is 302 g/mol. The third kappa shape index (κ3) is 3.46. The van der Waals surface area contributed by atoms with Gasteiger partial charge in [-0.3, -0.25) is 9.78 Å². The topological polar surface area (TPSA) is 42.0 Å². The summed E-state index contributed by atoms with van der Waals surface area (Å²) in [5.74, 6) is -0.152. The standard InChI is InChI=1S/C20H18N2O/c1-14-8-10-18(13-15(14)2)22-19(23)11-9-17-6-3-5-16-7-4-12-21-20(16)17/h3-13H,1-2H3,(H,22,23)/b11-9+. The molecule has 3 nitrogen and oxygen atoms in total. The molecule has 0 saturated heterocycles. The Morgan fingerprint density at radius 1 is 1.04 bits per heavy atom. The number of rotatable bonds is 3. The minimum Gasteiger partial charge on any atom is -0.323 e. The second-order valence-electron chi connectivity index (χ2n) is 5.54. The van der Waals surface area contributed by atoms with Gasteiger partial charge < -0.3 is 5.32 Å². The molecule has 0 unspecified atom stereocenters. The molecule has 2 aromatic carbocycles. The average molecular weight is 302 g/mol. The molecule has 0 saturated carbocycles. The highest BCUT2D eigenvalue weighted by molar-refractivity contribution is 6.03. The highest BCUT2D eigenvalue weighted by Crippen LogP contribution is 2.18. The molecule has 23 heavy (non-hydrogen) atoms.